The van der Waals surface area contributed by atoms with Gasteiger partial charge in [0, 0.05) is 12.5 Å². The van der Waals surface area contributed by atoms with Gasteiger partial charge in [-0.25, -0.2) is 0 Å². The van der Waals surface area contributed by atoms with E-state index in [0.29, 0.717) is 25.7 Å². The van der Waals surface area contributed by atoms with E-state index in [4.69, 9.17) is 14.3 Å². The fourth-order valence-corrected chi connectivity index (χ4v) is 2.38. The van der Waals surface area contributed by atoms with Crippen LogP contribution in [0.25, 0.3) is 0 Å². The molecule has 0 spiro atoms. The summed E-state index contributed by atoms with van der Waals surface area (Å²) in [5, 5.41) is 4.08. The second-order valence-electron chi connectivity index (χ2n) is 4.67. The molecule has 4 heteroatoms. The highest BCUT2D eigenvalue weighted by Crippen LogP contribution is 2.25. The summed E-state index contributed by atoms with van der Waals surface area (Å²) in [6.45, 7) is 2.62. The van der Waals surface area contributed by atoms with Crippen molar-refractivity contribution in [3.8, 4) is 0 Å². The van der Waals surface area contributed by atoms with E-state index in [1.165, 1.54) is 5.56 Å². The first-order valence-corrected chi connectivity index (χ1v) is 6.35. The smallest absolute Gasteiger partial charge is 0.159 e. The molecule has 96 valence electrons. The topological polar surface area (TPSA) is 40.0 Å². The van der Waals surface area contributed by atoms with Crippen molar-refractivity contribution in [1.82, 2.24) is 0 Å². The van der Waals surface area contributed by atoms with Crippen molar-refractivity contribution in [2.45, 2.75) is 19.1 Å². The fraction of sp³-hybridized carbons (Fsp3) is 0.500. The van der Waals surface area contributed by atoms with E-state index in [2.05, 4.69) is 17.3 Å². The highest BCUT2D eigenvalue weighted by Gasteiger charge is 2.36. The van der Waals surface area contributed by atoms with Gasteiger partial charge in [0.15, 0.2) is 6.10 Å². The van der Waals surface area contributed by atoms with Crippen LogP contribution in [-0.4, -0.2) is 31.6 Å². The Morgan fingerprint density at radius 1 is 1.28 bits per heavy atom. The lowest BCUT2D eigenvalue weighted by Gasteiger charge is -2.22. The zero-order valence-corrected chi connectivity index (χ0v) is 10.2. The minimum atomic E-state index is 0.0626. The van der Waals surface area contributed by atoms with Crippen LogP contribution in [0.4, 0.5) is 0 Å². The molecule has 4 nitrogen and oxygen atoms in total. The van der Waals surface area contributed by atoms with Gasteiger partial charge >= 0.3 is 0 Å². The summed E-state index contributed by atoms with van der Waals surface area (Å²) < 4.78 is 11.1. The van der Waals surface area contributed by atoms with Crippen LogP contribution in [0.3, 0.4) is 0 Å². The molecule has 0 unspecified atom stereocenters. The third-order valence-electron chi connectivity index (χ3n) is 3.40. The van der Waals surface area contributed by atoms with E-state index in [9.17, 15) is 0 Å². The first-order valence-electron chi connectivity index (χ1n) is 6.35. The Morgan fingerprint density at radius 2 is 2.17 bits per heavy atom. The maximum atomic E-state index is 5.71. The van der Waals surface area contributed by atoms with E-state index in [-0.39, 0.29) is 6.10 Å². The van der Waals surface area contributed by atoms with Gasteiger partial charge in [0.25, 0.3) is 0 Å². The molecule has 0 N–H and O–H groups in total. The predicted octanol–water partition coefficient (Wildman–Crippen LogP) is 1.99. The van der Waals surface area contributed by atoms with Gasteiger partial charge in [-0.05, 0) is 12.0 Å². The van der Waals surface area contributed by atoms with Gasteiger partial charge in [0.2, 0.25) is 0 Å². The molecule has 1 aromatic rings. The van der Waals surface area contributed by atoms with Crippen molar-refractivity contribution < 1.29 is 14.3 Å². The molecule has 0 radical (unpaired) electrons. The zero-order valence-electron chi connectivity index (χ0n) is 10.2. The molecular weight excluding hydrogens is 230 g/mol. The zero-order chi connectivity index (χ0) is 12.2. The van der Waals surface area contributed by atoms with Crippen LogP contribution in [0.5, 0.6) is 0 Å². The van der Waals surface area contributed by atoms with Crippen LogP contribution >= 0.6 is 0 Å². The lowest BCUT2D eigenvalue weighted by molar-refractivity contribution is -0.0250. The average molecular weight is 247 g/mol. The molecular formula is C14H17NO3. The van der Waals surface area contributed by atoms with Crippen molar-refractivity contribution >= 4 is 5.71 Å². The summed E-state index contributed by atoms with van der Waals surface area (Å²) in [5.74, 6) is 0.384. The Morgan fingerprint density at radius 3 is 3.06 bits per heavy atom. The van der Waals surface area contributed by atoms with Gasteiger partial charge in [-0.2, -0.15) is 0 Å². The number of hydrogen-bond acceptors (Lipinski definition) is 4. The highest BCUT2D eigenvalue weighted by atomic mass is 16.7. The Bertz CT molecular complexity index is 418. The number of benzene rings is 1. The standard InChI is InChI=1S/C14H17NO3/c1-2-4-11(5-3-1)8-17-10-14-12-6-7-16-9-13(12)15-18-14/h1-5,12,14H,6-10H2/t12-,14+/m1/s1. The number of fused-ring (bicyclic) bond motifs is 1. The number of hydrogen-bond donors (Lipinski definition) is 0. The molecule has 2 aliphatic rings. The molecule has 0 bridgehead atoms. The largest absolute Gasteiger partial charge is 0.389 e. The Kier molecular flexibility index (Phi) is 3.57. The van der Waals surface area contributed by atoms with Crippen molar-refractivity contribution in [3.05, 3.63) is 35.9 Å². The van der Waals surface area contributed by atoms with Gasteiger partial charge < -0.3 is 14.3 Å². The number of ether oxygens (including phenoxy) is 2. The molecule has 2 aliphatic heterocycles. The SMILES string of the molecule is c1ccc(COC[C@@H]2ON=C3COCC[C@H]32)cc1. The van der Waals surface area contributed by atoms with Crippen molar-refractivity contribution in [2.24, 2.45) is 11.1 Å². The fourth-order valence-electron chi connectivity index (χ4n) is 2.38. The first-order chi connectivity index (χ1) is 8.93. The highest BCUT2D eigenvalue weighted by molar-refractivity contribution is 5.89. The second kappa shape index (κ2) is 5.50. The monoisotopic (exact) mass is 247 g/mol. The third kappa shape index (κ3) is 2.54. The van der Waals surface area contributed by atoms with Crippen molar-refractivity contribution in [3.63, 3.8) is 0 Å². The van der Waals surface area contributed by atoms with E-state index in [0.717, 1.165) is 18.7 Å². The summed E-state index contributed by atoms with van der Waals surface area (Å²) in [6, 6.07) is 10.2. The lowest BCUT2D eigenvalue weighted by atomic mass is 9.93. The van der Waals surface area contributed by atoms with Gasteiger partial charge in [-0.15, -0.1) is 0 Å². The summed E-state index contributed by atoms with van der Waals surface area (Å²) in [4.78, 5) is 5.42. The molecule has 0 saturated carbocycles. The third-order valence-corrected chi connectivity index (χ3v) is 3.40. The molecule has 1 fully saturated rings. The minimum Gasteiger partial charge on any atom is -0.389 e. The van der Waals surface area contributed by atoms with Crippen molar-refractivity contribution in [1.29, 1.82) is 0 Å². The molecule has 2 atom stereocenters. The summed E-state index contributed by atoms with van der Waals surface area (Å²) in [7, 11) is 0. The molecule has 0 aliphatic carbocycles. The average Bonchev–Trinajstić information content (AvgIpc) is 2.84. The quantitative estimate of drug-likeness (QED) is 0.817. The van der Waals surface area contributed by atoms with E-state index >= 15 is 0 Å². The first kappa shape index (κ1) is 11.7. The van der Waals surface area contributed by atoms with E-state index in [1.54, 1.807) is 0 Å². The van der Waals surface area contributed by atoms with Crippen LogP contribution in [0, 0.1) is 5.92 Å². The molecule has 2 heterocycles. The maximum Gasteiger partial charge on any atom is 0.159 e. The predicted molar refractivity (Wildman–Crippen MR) is 67.3 cm³/mol. The second-order valence-corrected chi connectivity index (χ2v) is 4.67. The maximum absolute atomic E-state index is 5.71. The van der Waals surface area contributed by atoms with Gasteiger partial charge in [-0.1, -0.05) is 35.5 Å². The summed E-state index contributed by atoms with van der Waals surface area (Å²) in [6.07, 6.45) is 1.05. The van der Waals surface area contributed by atoms with Gasteiger partial charge in [0.1, 0.15) is 0 Å². The van der Waals surface area contributed by atoms with Crippen LogP contribution in [0.15, 0.2) is 35.5 Å². The van der Waals surface area contributed by atoms with Gasteiger partial charge in [-0.3, -0.25) is 0 Å². The summed E-state index contributed by atoms with van der Waals surface area (Å²) >= 11 is 0. The molecule has 1 saturated heterocycles. The molecule has 18 heavy (non-hydrogen) atoms. The van der Waals surface area contributed by atoms with E-state index < -0.39 is 0 Å². The van der Waals surface area contributed by atoms with Crippen LogP contribution in [0.2, 0.25) is 0 Å². The van der Waals surface area contributed by atoms with Crippen LogP contribution in [-0.2, 0) is 20.9 Å². The van der Waals surface area contributed by atoms with E-state index in [1.807, 2.05) is 18.2 Å². The van der Waals surface area contributed by atoms with Gasteiger partial charge in [0.05, 0.1) is 25.5 Å². The Labute approximate surface area is 107 Å². The lowest BCUT2D eigenvalue weighted by Crippen LogP contribution is -2.34. The molecule has 0 aromatic heterocycles. The normalized spacial score (nSPS) is 26.3. The Hall–Kier alpha value is -1.39. The minimum absolute atomic E-state index is 0.0626. The Balaban J connectivity index is 1.47. The molecule has 0 amide bonds. The summed E-state index contributed by atoms with van der Waals surface area (Å²) in [5.41, 5.74) is 2.22. The van der Waals surface area contributed by atoms with Crippen LogP contribution < -0.4 is 0 Å². The number of oxime groups is 1. The molecule has 1 aromatic carbocycles. The number of rotatable bonds is 4. The van der Waals surface area contributed by atoms with Crippen molar-refractivity contribution in [2.75, 3.05) is 19.8 Å². The van der Waals surface area contributed by atoms with Crippen LogP contribution in [0.1, 0.15) is 12.0 Å². The number of nitrogens with zero attached hydrogens (tertiary/aromatic N) is 1. The molecule has 3 rings (SSSR count).